The summed E-state index contributed by atoms with van der Waals surface area (Å²) in [4.78, 5) is 29.9. The number of hydrogen-bond donors (Lipinski definition) is 1. The summed E-state index contributed by atoms with van der Waals surface area (Å²) >= 11 is 7.00. The Morgan fingerprint density at radius 2 is 2.11 bits per heavy atom. The summed E-state index contributed by atoms with van der Waals surface area (Å²) in [5, 5.41) is 3.55. The van der Waals surface area contributed by atoms with Crippen LogP contribution in [0, 0.1) is 0 Å². The number of thiophene rings is 1. The van der Waals surface area contributed by atoms with Gasteiger partial charge in [0.15, 0.2) is 0 Å². The lowest BCUT2D eigenvalue weighted by Gasteiger charge is -2.07. The minimum absolute atomic E-state index is 0.0243. The highest BCUT2D eigenvalue weighted by Crippen LogP contribution is 2.25. The topological polar surface area (TPSA) is 64.0 Å². The van der Waals surface area contributed by atoms with Gasteiger partial charge in [0.1, 0.15) is 0 Å². The normalized spacial score (nSPS) is 11.0. The predicted octanol–water partition coefficient (Wildman–Crippen LogP) is 4.05. The molecule has 1 N–H and O–H groups in total. The highest BCUT2D eigenvalue weighted by molar-refractivity contribution is 9.11. The third-order valence-corrected chi connectivity index (χ3v) is 6.79. The summed E-state index contributed by atoms with van der Waals surface area (Å²) in [5.74, 6) is 1.87. The first-order chi connectivity index (χ1) is 13.1. The number of carbonyl (C=O) groups excluding carboxylic acids is 1. The third-order valence-electron chi connectivity index (χ3n) is 3.98. The van der Waals surface area contributed by atoms with Crippen molar-refractivity contribution in [3.05, 3.63) is 61.7 Å². The maximum atomic E-state index is 12.4. The van der Waals surface area contributed by atoms with E-state index in [1.165, 1.54) is 4.88 Å². The van der Waals surface area contributed by atoms with Crippen LogP contribution < -0.4 is 10.9 Å². The zero-order valence-corrected chi connectivity index (χ0v) is 17.9. The highest BCUT2D eigenvalue weighted by atomic mass is 79.9. The van der Waals surface area contributed by atoms with Crippen molar-refractivity contribution >= 4 is 55.8 Å². The molecule has 1 aromatic carbocycles. The van der Waals surface area contributed by atoms with Crippen molar-refractivity contribution < 1.29 is 4.79 Å². The summed E-state index contributed by atoms with van der Waals surface area (Å²) < 4.78 is 2.72. The van der Waals surface area contributed by atoms with Gasteiger partial charge >= 0.3 is 0 Å². The minimum Gasteiger partial charge on any atom is -0.355 e. The van der Waals surface area contributed by atoms with Crippen LogP contribution in [0.5, 0.6) is 0 Å². The second-order valence-corrected chi connectivity index (χ2v) is 9.62. The standard InChI is InChI=1S/C19H20BrN3O2S2/c20-17-8-7-14(27-17)12-26-11-9-21-18(24)6-3-10-23-13-22-16-5-2-1-4-15(16)19(23)25/h1-2,4-5,7-8,13H,3,6,9-12H2,(H,21,24). The molecule has 2 heterocycles. The molecule has 1 amide bonds. The number of amides is 1. The van der Waals surface area contributed by atoms with Crippen molar-refractivity contribution in [1.29, 1.82) is 0 Å². The van der Waals surface area contributed by atoms with Gasteiger partial charge in [0.05, 0.1) is 21.0 Å². The van der Waals surface area contributed by atoms with E-state index in [-0.39, 0.29) is 11.5 Å². The van der Waals surface area contributed by atoms with E-state index >= 15 is 0 Å². The Bertz CT molecular complexity index is 971. The molecule has 142 valence electrons. The molecule has 3 aromatic rings. The fraction of sp³-hybridized carbons (Fsp3) is 0.316. The van der Waals surface area contributed by atoms with Gasteiger partial charge in [-0.05, 0) is 46.6 Å². The second-order valence-electron chi connectivity index (χ2n) is 5.97. The molecule has 0 unspecified atom stereocenters. The fourth-order valence-corrected chi connectivity index (χ4v) is 5.08. The third kappa shape index (κ3) is 5.92. The average Bonchev–Trinajstić information content (AvgIpc) is 3.09. The van der Waals surface area contributed by atoms with Crippen molar-refractivity contribution in [3.8, 4) is 0 Å². The zero-order chi connectivity index (χ0) is 19.1. The first kappa shape index (κ1) is 20.1. The van der Waals surface area contributed by atoms with Crippen LogP contribution in [0.4, 0.5) is 0 Å². The molecule has 0 radical (unpaired) electrons. The number of aryl methyl sites for hydroxylation is 1. The molecule has 0 aliphatic rings. The molecular weight excluding hydrogens is 446 g/mol. The lowest BCUT2D eigenvalue weighted by molar-refractivity contribution is -0.121. The molecule has 0 aliphatic carbocycles. The van der Waals surface area contributed by atoms with Gasteiger partial charge in [0.2, 0.25) is 5.91 Å². The maximum absolute atomic E-state index is 12.4. The molecule has 8 heteroatoms. The first-order valence-electron chi connectivity index (χ1n) is 8.66. The van der Waals surface area contributed by atoms with E-state index in [0.29, 0.717) is 36.8 Å². The molecule has 2 aromatic heterocycles. The Labute approximate surface area is 174 Å². The van der Waals surface area contributed by atoms with Crippen LogP contribution in [0.25, 0.3) is 10.9 Å². The van der Waals surface area contributed by atoms with Crippen LogP contribution in [-0.2, 0) is 17.1 Å². The molecule has 0 saturated heterocycles. The van der Waals surface area contributed by atoms with Crippen LogP contribution >= 0.6 is 39.0 Å². The molecule has 0 aliphatic heterocycles. The number of aromatic nitrogens is 2. The van der Waals surface area contributed by atoms with Crippen LogP contribution in [0.3, 0.4) is 0 Å². The Morgan fingerprint density at radius 1 is 1.26 bits per heavy atom. The number of halogens is 1. The number of hydrogen-bond acceptors (Lipinski definition) is 5. The van der Waals surface area contributed by atoms with E-state index in [1.54, 1.807) is 40.1 Å². The molecule has 0 saturated carbocycles. The zero-order valence-electron chi connectivity index (χ0n) is 14.7. The SMILES string of the molecule is O=C(CCCn1cnc2ccccc2c1=O)NCCSCc1ccc(Br)s1. The number of rotatable bonds is 9. The van der Waals surface area contributed by atoms with Gasteiger partial charge in [-0.2, -0.15) is 11.8 Å². The van der Waals surface area contributed by atoms with E-state index in [2.05, 4.69) is 38.4 Å². The molecular formula is C19H20BrN3O2S2. The molecule has 3 rings (SSSR count). The predicted molar refractivity (Wildman–Crippen MR) is 116 cm³/mol. The van der Waals surface area contributed by atoms with Gasteiger partial charge < -0.3 is 5.32 Å². The van der Waals surface area contributed by atoms with Crippen LogP contribution in [-0.4, -0.2) is 27.8 Å². The Balaban J connectivity index is 1.35. The van der Waals surface area contributed by atoms with Crippen molar-refractivity contribution in [2.45, 2.75) is 25.1 Å². The molecule has 5 nitrogen and oxygen atoms in total. The summed E-state index contributed by atoms with van der Waals surface area (Å²) in [6, 6.07) is 11.5. The second kappa shape index (κ2) is 10.1. The molecule has 0 atom stereocenters. The summed E-state index contributed by atoms with van der Waals surface area (Å²) in [6.07, 6.45) is 2.58. The number of nitrogens with one attached hydrogen (secondary N) is 1. The lowest BCUT2D eigenvalue weighted by Crippen LogP contribution is -2.26. The number of carbonyl (C=O) groups is 1. The Morgan fingerprint density at radius 3 is 2.93 bits per heavy atom. The number of para-hydroxylation sites is 1. The van der Waals surface area contributed by atoms with Crippen molar-refractivity contribution in [1.82, 2.24) is 14.9 Å². The highest BCUT2D eigenvalue weighted by Gasteiger charge is 2.05. The number of benzene rings is 1. The van der Waals surface area contributed by atoms with Crippen LogP contribution in [0.15, 0.2) is 51.3 Å². The van der Waals surface area contributed by atoms with Gasteiger partial charge in [-0.25, -0.2) is 4.98 Å². The molecule has 0 fully saturated rings. The number of thioether (sulfide) groups is 1. The number of fused-ring (bicyclic) bond motifs is 1. The monoisotopic (exact) mass is 465 g/mol. The quantitative estimate of drug-likeness (QED) is 0.484. The van der Waals surface area contributed by atoms with Gasteiger partial charge in [-0.15, -0.1) is 11.3 Å². The summed E-state index contributed by atoms with van der Waals surface area (Å²) in [7, 11) is 0. The minimum atomic E-state index is -0.0578. The molecule has 0 bridgehead atoms. The maximum Gasteiger partial charge on any atom is 0.261 e. The van der Waals surface area contributed by atoms with Gasteiger partial charge in [-0.3, -0.25) is 14.2 Å². The van der Waals surface area contributed by atoms with Crippen molar-refractivity contribution in [2.24, 2.45) is 0 Å². The largest absolute Gasteiger partial charge is 0.355 e. The van der Waals surface area contributed by atoms with Gasteiger partial charge in [0, 0.05) is 35.9 Å². The lowest BCUT2D eigenvalue weighted by atomic mass is 10.2. The summed E-state index contributed by atoms with van der Waals surface area (Å²) in [5.41, 5.74) is 0.640. The smallest absolute Gasteiger partial charge is 0.261 e. The fourth-order valence-electron chi connectivity index (χ4n) is 2.63. The van der Waals surface area contributed by atoms with Crippen molar-refractivity contribution in [3.63, 3.8) is 0 Å². The van der Waals surface area contributed by atoms with E-state index in [0.717, 1.165) is 15.3 Å². The first-order valence-corrected chi connectivity index (χ1v) is 11.4. The Hall–Kier alpha value is -1.64. The average molecular weight is 466 g/mol. The molecule has 0 spiro atoms. The number of nitrogens with zero attached hydrogens (tertiary/aromatic N) is 2. The summed E-state index contributed by atoms with van der Waals surface area (Å²) in [6.45, 7) is 1.15. The van der Waals surface area contributed by atoms with Crippen LogP contribution in [0.1, 0.15) is 17.7 Å². The van der Waals surface area contributed by atoms with Crippen LogP contribution in [0.2, 0.25) is 0 Å². The van der Waals surface area contributed by atoms with Gasteiger partial charge in [0.25, 0.3) is 5.56 Å². The molecule has 27 heavy (non-hydrogen) atoms. The van der Waals surface area contributed by atoms with E-state index in [4.69, 9.17) is 0 Å². The van der Waals surface area contributed by atoms with E-state index < -0.39 is 0 Å². The van der Waals surface area contributed by atoms with Gasteiger partial charge in [-0.1, -0.05) is 12.1 Å². The van der Waals surface area contributed by atoms with E-state index in [1.807, 2.05) is 18.2 Å². The van der Waals surface area contributed by atoms with E-state index in [9.17, 15) is 9.59 Å². The Kier molecular flexibility index (Phi) is 7.49. The van der Waals surface area contributed by atoms with Crippen molar-refractivity contribution in [2.75, 3.05) is 12.3 Å².